The molecular formula is C24H15Br2ClN2O4. The standard InChI is InChI=1S/C24H15Br2ClN2O4/c25-18-6-4-14(5-7-18)13-33-22-20(26)9-15(10-21(22)27)8-17(12-28)23(30)29-19-3-1-2-16(11-19)24(31)32/h1-11H,13H2,(H,29,30)(H,31,32)/b17-8-. The van der Waals surface area contributed by atoms with E-state index in [2.05, 4.69) is 37.2 Å². The molecule has 0 aliphatic rings. The van der Waals surface area contributed by atoms with Crippen molar-refractivity contribution in [2.24, 2.45) is 0 Å². The second kappa shape index (κ2) is 11.1. The Morgan fingerprint density at radius 3 is 2.48 bits per heavy atom. The third-order valence-electron chi connectivity index (χ3n) is 4.36. The van der Waals surface area contributed by atoms with Crippen molar-refractivity contribution in [3.8, 4) is 11.8 Å². The van der Waals surface area contributed by atoms with Crippen LogP contribution in [0, 0.1) is 11.3 Å². The Kier molecular flexibility index (Phi) is 8.28. The summed E-state index contributed by atoms with van der Waals surface area (Å²) in [6, 6.07) is 18.5. The van der Waals surface area contributed by atoms with Crippen molar-refractivity contribution in [3.05, 3.63) is 96.9 Å². The molecule has 0 aliphatic carbocycles. The van der Waals surface area contributed by atoms with Gasteiger partial charge in [-0.3, -0.25) is 4.79 Å². The van der Waals surface area contributed by atoms with E-state index in [1.54, 1.807) is 12.1 Å². The lowest BCUT2D eigenvalue weighted by atomic mass is 10.1. The number of nitrogens with zero attached hydrogens (tertiary/aromatic N) is 1. The second-order valence-electron chi connectivity index (χ2n) is 6.74. The van der Waals surface area contributed by atoms with Gasteiger partial charge in [-0.15, -0.1) is 0 Å². The van der Waals surface area contributed by atoms with Gasteiger partial charge in [0.15, 0.2) is 5.75 Å². The summed E-state index contributed by atoms with van der Waals surface area (Å²) in [7, 11) is 0. The molecule has 0 radical (unpaired) electrons. The lowest BCUT2D eigenvalue weighted by Crippen LogP contribution is -2.14. The molecule has 0 bridgehead atoms. The first-order chi connectivity index (χ1) is 15.8. The van der Waals surface area contributed by atoms with Crippen molar-refractivity contribution in [1.82, 2.24) is 0 Å². The molecule has 3 aromatic carbocycles. The van der Waals surface area contributed by atoms with Crippen LogP contribution in [0.3, 0.4) is 0 Å². The molecule has 2 N–H and O–H groups in total. The SMILES string of the molecule is N#C/C(=C/c1cc(Cl)c(OCc2ccc(Br)cc2)c(Br)c1)C(=O)Nc1cccc(C(=O)O)c1. The monoisotopic (exact) mass is 588 g/mol. The number of nitrogens with one attached hydrogen (secondary N) is 1. The quantitative estimate of drug-likeness (QED) is 0.236. The van der Waals surface area contributed by atoms with Gasteiger partial charge in [-0.05, 0) is 75.6 Å². The summed E-state index contributed by atoms with van der Waals surface area (Å²) in [6.45, 7) is 0.308. The van der Waals surface area contributed by atoms with Gasteiger partial charge < -0.3 is 15.2 Å². The van der Waals surface area contributed by atoms with Gasteiger partial charge in [-0.1, -0.05) is 45.7 Å². The van der Waals surface area contributed by atoms with E-state index in [-0.39, 0.29) is 16.8 Å². The van der Waals surface area contributed by atoms with Crippen LogP contribution in [0.15, 0.2) is 75.2 Å². The number of nitriles is 1. The highest BCUT2D eigenvalue weighted by Crippen LogP contribution is 2.35. The molecule has 0 saturated heterocycles. The number of ether oxygens (including phenoxy) is 1. The Morgan fingerprint density at radius 1 is 1.12 bits per heavy atom. The molecular weight excluding hydrogens is 576 g/mol. The minimum Gasteiger partial charge on any atom is -0.486 e. The number of carbonyl (C=O) groups is 2. The molecule has 1 amide bonds. The zero-order chi connectivity index (χ0) is 24.0. The highest BCUT2D eigenvalue weighted by molar-refractivity contribution is 9.10. The fourth-order valence-electron chi connectivity index (χ4n) is 2.78. The van der Waals surface area contributed by atoms with E-state index >= 15 is 0 Å². The zero-order valence-corrected chi connectivity index (χ0v) is 20.7. The van der Waals surface area contributed by atoms with Crippen molar-refractivity contribution in [1.29, 1.82) is 5.26 Å². The Hall–Kier alpha value is -3.12. The molecule has 33 heavy (non-hydrogen) atoms. The molecule has 0 atom stereocenters. The van der Waals surface area contributed by atoms with E-state index in [0.29, 0.717) is 27.4 Å². The number of carboxylic acid groups (broad SMARTS) is 1. The van der Waals surface area contributed by atoms with E-state index in [4.69, 9.17) is 21.4 Å². The average Bonchev–Trinajstić information content (AvgIpc) is 2.78. The lowest BCUT2D eigenvalue weighted by molar-refractivity contribution is -0.112. The smallest absolute Gasteiger partial charge is 0.335 e. The summed E-state index contributed by atoms with van der Waals surface area (Å²) in [4.78, 5) is 23.6. The first-order valence-electron chi connectivity index (χ1n) is 9.39. The average molecular weight is 591 g/mol. The third kappa shape index (κ3) is 6.68. The van der Waals surface area contributed by atoms with Crippen LogP contribution in [0.5, 0.6) is 5.75 Å². The van der Waals surface area contributed by atoms with Gasteiger partial charge >= 0.3 is 5.97 Å². The summed E-state index contributed by atoms with van der Waals surface area (Å²) >= 11 is 13.2. The van der Waals surface area contributed by atoms with Gasteiger partial charge in [-0.2, -0.15) is 5.26 Å². The van der Waals surface area contributed by atoms with Gasteiger partial charge in [0.1, 0.15) is 18.2 Å². The molecule has 0 fully saturated rings. The fourth-order valence-corrected chi connectivity index (χ4v) is 4.03. The third-order valence-corrected chi connectivity index (χ3v) is 5.76. The van der Waals surface area contributed by atoms with Crippen molar-refractivity contribution in [2.45, 2.75) is 6.61 Å². The van der Waals surface area contributed by atoms with Crippen LogP contribution in [0.1, 0.15) is 21.5 Å². The zero-order valence-electron chi connectivity index (χ0n) is 16.8. The predicted octanol–water partition coefficient (Wildman–Crippen LogP) is 6.69. The van der Waals surface area contributed by atoms with E-state index in [9.17, 15) is 14.9 Å². The number of benzene rings is 3. The number of hydrogen-bond donors (Lipinski definition) is 2. The first-order valence-corrected chi connectivity index (χ1v) is 11.4. The molecule has 0 aromatic heterocycles. The van der Waals surface area contributed by atoms with Gasteiger partial charge in [-0.25, -0.2) is 4.79 Å². The van der Waals surface area contributed by atoms with Gasteiger partial charge in [0.2, 0.25) is 0 Å². The molecule has 0 unspecified atom stereocenters. The Labute approximate surface area is 211 Å². The second-order valence-corrected chi connectivity index (χ2v) is 8.92. The topological polar surface area (TPSA) is 99.4 Å². The highest BCUT2D eigenvalue weighted by atomic mass is 79.9. The van der Waals surface area contributed by atoms with Crippen LogP contribution < -0.4 is 10.1 Å². The fraction of sp³-hybridized carbons (Fsp3) is 0.0417. The predicted molar refractivity (Wildman–Crippen MR) is 133 cm³/mol. The molecule has 0 aliphatic heterocycles. The van der Waals surface area contributed by atoms with Crippen LogP contribution >= 0.6 is 43.5 Å². The Morgan fingerprint density at radius 2 is 1.85 bits per heavy atom. The summed E-state index contributed by atoms with van der Waals surface area (Å²) in [6.07, 6.45) is 1.38. The van der Waals surface area contributed by atoms with E-state index in [1.165, 1.54) is 30.3 Å². The van der Waals surface area contributed by atoms with Crippen molar-refractivity contribution >= 4 is 67.1 Å². The molecule has 0 heterocycles. The Bertz CT molecular complexity index is 1260. The van der Waals surface area contributed by atoms with Crippen LogP contribution in [0.25, 0.3) is 6.08 Å². The maximum absolute atomic E-state index is 12.5. The van der Waals surface area contributed by atoms with Crippen LogP contribution in [0.2, 0.25) is 5.02 Å². The van der Waals surface area contributed by atoms with Crippen LogP contribution in [-0.4, -0.2) is 17.0 Å². The number of rotatable bonds is 7. The normalized spacial score (nSPS) is 10.9. The molecule has 0 saturated carbocycles. The lowest BCUT2D eigenvalue weighted by Gasteiger charge is -2.12. The molecule has 9 heteroatoms. The number of anilines is 1. The highest BCUT2D eigenvalue weighted by Gasteiger charge is 2.14. The molecule has 3 rings (SSSR count). The van der Waals surface area contributed by atoms with Crippen molar-refractivity contribution in [3.63, 3.8) is 0 Å². The number of aromatic carboxylic acids is 1. The van der Waals surface area contributed by atoms with Gasteiger partial charge in [0.05, 0.1) is 15.1 Å². The number of carboxylic acids is 1. The van der Waals surface area contributed by atoms with Gasteiger partial charge in [0.25, 0.3) is 5.91 Å². The maximum atomic E-state index is 12.5. The summed E-state index contributed by atoms with van der Waals surface area (Å²) in [5, 5.41) is 21.4. The Balaban J connectivity index is 1.77. The summed E-state index contributed by atoms with van der Waals surface area (Å²) in [5.74, 6) is -1.36. The van der Waals surface area contributed by atoms with Crippen LogP contribution in [-0.2, 0) is 11.4 Å². The number of hydrogen-bond acceptors (Lipinski definition) is 4. The number of halogens is 3. The van der Waals surface area contributed by atoms with Crippen molar-refractivity contribution in [2.75, 3.05) is 5.32 Å². The van der Waals surface area contributed by atoms with Crippen molar-refractivity contribution < 1.29 is 19.4 Å². The minimum atomic E-state index is -1.12. The van der Waals surface area contributed by atoms with Gasteiger partial charge in [0, 0.05) is 10.2 Å². The van der Waals surface area contributed by atoms with Crippen LogP contribution in [0.4, 0.5) is 5.69 Å². The molecule has 166 valence electrons. The van der Waals surface area contributed by atoms with E-state index in [0.717, 1.165) is 10.0 Å². The largest absolute Gasteiger partial charge is 0.486 e. The minimum absolute atomic E-state index is 0.0183. The maximum Gasteiger partial charge on any atom is 0.335 e. The molecule has 3 aromatic rings. The molecule has 0 spiro atoms. The number of amides is 1. The van der Waals surface area contributed by atoms with E-state index in [1.807, 2.05) is 30.3 Å². The first kappa shape index (κ1) is 24.5. The number of carbonyl (C=O) groups excluding carboxylic acids is 1. The molecule has 6 nitrogen and oxygen atoms in total. The summed E-state index contributed by atoms with van der Waals surface area (Å²) < 4.78 is 7.36. The van der Waals surface area contributed by atoms with E-state index < -0.39 is 11.9 Å². The summed E-state index contributed by atoms with van der Waals surface area (Å²) in [5.41, 5.74) is 1.57.